The van der Waals surface area contributed by atoms with E-state index in [2.05, 4.69) is 255 Å². The molecular weight excluding hydrogens is 747 g/mol. The fraction of sp³-hybridized carbons (Fsp3) is 0.0492. The maximum Gasteiger partial charge on any atom is 0.0540 e. The molecule has 0 bridgehead atoms. The van der Waals surface area contributed by atoms with Gasteiger partial charge in [-0.3, -0.25) is 0 Å². The second-order valence-corrected chi connectivity index (χ2v) is 16.9. The Morgan fingerprint density at radius 1 is 0.290 bits per heavy atom. The van der Waals surface area contributed by atoms with Crippen molar-refractivity contribution in [3.05, 3.63) is 248 Å². The summed E-state index contributed by atoms with van der Waals surface area (Å²) < 4.78 is 0. The van der Waals surface area contributed by atoms with Gasteiger partial charge < -0.3 is 4.90 Å². The van der Waals surface area contributed by atoms with E-state index in [0.29, 0.717) is 0 Å². The van der Waals surface area contributed by atoms with Crippen molar-refractivity contribution in [2.75, 3.05) is 4.90 Å². The normalized spacial score (nSPS) is 12.5. The highest BCUT2D eigenvalue weighted by Crippen LogP contribution is 2.50. The van der Waals surface area contributed by atoms with Crippen molar-refractivity contribution in [1.82, 2.24) is 0 Å². The third-order valence-electron chi connectivity index (χ3n) is 12.9. The Balaban J connectivity index is 1.02. The molecule has 10 aromatic rings. The Hall–Kier alpha value is -7.74. The minimum absolute atomic E-state index is 0.0554. The summed E-state index contributed by atoms with van der Waals surface area (Å²) in [7, 11) is 0. The largest absolute Gasteiger partial charge is 0.310 e. The van der Waals surface area contributed by atoms with Gasteiger partial charge in [-0.15, -0.1) is 0 Å². The second kappa shape index (κ2) is 15.4. The molecule has 0 aliphatic heterocycles. The molecule has 0 N–H and O–H groups in total. The molecule has 1 aliphatic carbocycles. The highest BCUT2D eigenvalue weighted by atomic mass is 15.1. The summed E-state index contributed by atoms with van der Waals surface area (Å²) in [6.07, 6.45) is 0. The SMILES string of the molecule is CC1(C)c2ccccc2-c2ccc(-c3ccc(N(c4cccc(-c5ccc(-c6ccccc6)cc5)c4)c4ccccc4-c4cccc(-c5cccc6ccccc56)c4)cc3)cc21. The topological polar surface area (TPSA) is 3.24 Å². The molecule has 11 rings (SSSR count). The van der Waals surface area contributed by atoms with Gasteiger partial charge in [0.2, 0.25) is 0 Å². The molecule has 0 radical (unpaired) electrons. The van der Waals surface area contributed by atoms with E-state index in [-0.39, 0.29) is 5.41 Å². The molecule has 0 saturated carbocycles. The quantitative estimate of drug-likeness (QED) is 0.148. The van der Waals surface area contributed by atoms with Crippen LogP contribution in [0.4, 0.5) is 17.1 Å². The number of hydrogen-bond acceptors (Lipinski definition) is 1. The molecule has 0 fully saturated rings. The fourth-order valence-electron chi connectivity index (χ4n) is 9.67. The second-order valence-electron chi connectivity index (χ2n) is 16.9. The van der Waals surface area contributed by atoms with Gasteiger partial charge >= 0.3 is 0 Å². The van der Waals surface area contributed by atoms with Crippen LogP contribution in [0.2, 0.25) is 0 Å². The summed E-state index contributed by atoms with van der Waals surface area (Å²) in [6.45, 7) is 4.70. The van der Waals surface area contributed by atoms with Crippen molar-refractivity contribution in [3.8, 4) is 66.8 Å². The van der Waals surface area contributed by atoms with Crippen molar-refractivity contribution in [2.24, 2.45) is 0 Å². The van der Waals surface area contributed by atoms with Crippen molar-refractivity contribution < 1.29 is 0 Å². The first-order chi connectivity index (χ1) is 30.5. The van der Waals surface area contributed by atoms with Crippen molar-refractivity contribution in [2.45, 2.75) is 19.3 Å². The molecule has 0 saturated heterocycles. The molecule has 0 aromatic heterocycles. The lowest BCUT2D eigenvalue weighted by Gasteiger charge is -2.28. The van der Waals surface area contributed by atoms with Crippen LogP contribution in [0.5, 0.6) is 0 Å². The van der Waals surface area contributed by atoms with Crippen LogP contribution >= 0.6 is 0 Å². The molecule has 0 spiro atoms. The van der Waals surface area contributed by atoms with Crippen LogP contribution in [0.1, 0.15) is 25.0 Å². The monoisotopic (exact) mass is 791 g/mol. The average Bonchev–Trinajstić information content (AvgIpc) is 3.57. The summed E-state index contributed by atoms with van der Waals surface area (Å²) in [5.41, 5.74) is 20.7. The Bertz CT molecular complexity index is 3240. The Morgan fingerprint density at radius 2 is 0.790 bits per heavy atom. The number of rotatable bonds is 8. The summed E-state index contributed by atoms with van der Waals surface area (Å²) >= 11 is 0. The molecule has 0 heterocycles. The van der Waals surface area contributed by atoms with Crippen LogP contribution in [0.25, 0.3) is 77.5 Å². The molecule has 1 aliphatic rings. The number of benzene rings is 10. The van der Waals surface area contributed by atoms with Crippen LogP contribution in [-0.4, -0.2) is 0 Å². The summed E-state index contributed by atoms with van der Waals surface area (Å²) in [5, 5.41) is 2.50. The Kier molecular flexibility index (Phi) is 9.24. The molecule has 10 aromatic carbocycles. The van der Waals surface area contributed by atoms with E-state index in [1.165, 1.54) is 83.1 Å². The highest BCUT2D eigenvalue weighted by molar-refractivity contribution is 5.98. The maximum atomic E-state index is 2.42. The van der Waals surface area contributed by atoms with Crippen molar-refractivity contribution in [3.63, 3.8) is 0 Å². The van der Waals surface area contributed by atoms with Gasteiger partial charge in [-0.2, -0.15) is 0 Å². The first-order valence-electron chi connectivity index (χ1n) is 21.6. The van der Waals surface area contributed by atoms with E-state index in [4.69, 9.17) is 0 Å². The zero-order valence-corrected chi connectivity index (χ0v) is 35.0. The van der Waals surface area contributed by atoms with Crippen molar-refractivity contribution >= 4 is 27.8 Å². The van der Waals surface area contributed by atoms with E-state index >= 15 is 0 Å². The number of nitrogens with zero attached hydrogens (tertiary/aromatic N) is 1. The molecule has 0 unspecified atom stereocenters. The fourth-order valence-corrected chi connectivity index (χ4v) is 9.67. The zero-order valence-electron chi connectivity index (χ0n) is 35.0. The van der Waals surface area contributed by atoms with Gasteiger partial charge in [0.15, 0.2) is 0 Å². The van der Waals surface area contributed by atoms with Gasteiger partial charge in [-0.05, 0) is 126 Å². The van der Waals surface area contributed by atoms with E-state index in [9.17, 15) is 0 Å². The average molecular weight is 792 g/mol. The lowest BCUT2D eigenvalue weighted by Crippen LogP contribution is -2.14. The number of para-hydroxylation sites is 1. The third kappa shape index (κ3) is 6.60. The van der Waals surface area contributed by atoms with E-state index in [1.54, 1.807) is 0 Å². The van der Waals surface area contributed by atoms with Crippen LogP contribution in [0.15, 0.2) is 237 Å². The van der Waals surface area contributed by atoms with Crippen LogP contribution < -0.4 is 4.90 Å². The number of fused-ring (bicyclic) bond motifs is 4. The minimum atomic E-state index is -0.0554. The zero-order chi connectivity index (χ0) is 41.6. The molecule has 0 amide bonds. The lowest BCUT2D eigenvalue weighted by atomic mass is 9.81. The van der Waals surface area contributed by atoms with E-state index < -0.39 is 0 Å². The van der Waals surface area contributed by atoms with Gasteiger partial charge in [0.1, 0.15) is 0 Å². The molecular formula is C61H45N. The number of anilines is 3. The summed E-state index contributed by atoms with van der Waals surface area (Å²) in [5.74, 6) is 0. The predicted octanol–water partition coefficient (Wildman–Crippen LogP) is 17.0. The van der Waals surface area contributed by atoms with E-state index in [0.717, 1.165) is 22.6 Å². The molecule has 1 nitrogen and oxygen atoms in total. The molecule has 294 valence electrons. The lowest BCUT2D eigenvalue weighted by molar-refractivity contribution is 0.660. The van der Waals surface area contributed by atoms with E-state index in [1.807, 2.05) is 0 Å². The first kappa shape index (κ1) is 37.3. The van der Waals surface area contributed by atoms with Crippen LogP contribution in [0.3, 0.4) is 0 Å². The predicted molar refractivity (Wildman–Crippen MR) is 263 cm³/mol. The molecule has 0 atom stereocenters. The van der Waals surface area contributed by atoms with Gasteiger partial charge in [-0.1, -0.05) is 208 Å². The molecule has 1 heteroatoms. The summed E-state index contributed by atoms with van der Waals surface area (Å²) in [4.78, 5) is 2.42. The minimum Gasteiger partial charge on any atom is -0.310 e. The smallest absolute Gasteiger partial charge is 0.0540 e. The summed E-state index contributed by atoms with van der Waals surface area (Å²) in [6, 6.07) is 86.6. The van der Waals surface area contributed by atoms with Gasteiger partial charge in [0.25, 0.3) is 0 Å². The highest BCUT2D eigenvalue weighted by Gasteiger charge is 2.35. The van der Waals surface area contributed by atoms with Gasteiger partial charge in [0, 0.05) is 22.4 Å². The Morgan fingerprint density at radius 3 is 1.60 bits per heavy atom. The first-order valence-corrected chi connectivity index (χ1v) is 21.6. The molecule has 62 heavy (non-hydrogen) atoms. The van der Waals surface area contributed by atoms with Crippen molar-refractivity contribution in [1.29, 1.82) is 0 Å². The Labute approximate surface area is 364 Å². The third-order valence-corrected chi connectivity index (χ3v) is 12.9. The van der Waals surface area contributed by atoms with Crippen LogP contribution in [-0.2, 0) is 5.41 Å². The maximum absolute atomic E-state index is 2.42. The van der Waals surface area contributed by atoms with Crippen LogP contribution in [0, 0.1) is 0 Å². The van der Waals surface area contributed by atoms with Gasteiger partial charge in [0.05, 0.1) is 5.69 Å². The number of hydrogen-bond donors (Lipinski definition) is 0. The van der Waals surface area contributed by atoms with Gasteiger partial charge in [-0.25, -0.2) is 0 Å². The standard InChI is InChI=1S/C61H45N/c1-61(2)58-27-10-8-25-56(58)57-38-35-48(41-59(57)61)45-33-36-51(37-34-45)62(52-22-13-19-47(40-52)44-31-29-43(30-32-44)42-15-4-3-5-16-42)60-28-11-9-24-55(60)50-21-12-20-49(39-50)54-26-14-18-46-17-6-7-23-53(46)54/h3-41H,1-2H3.